The Balaban J connectivity index is 2.09. The van der Waals surface area contributed by atoms with E-state index in [4.69, 9.17) is 0 Å². The highest BCUT2D eigenvalue weighted by atomic mass is 32.1. The van der Waals surface area contributed by atoms with Gasteiger partial charge < -0.3 is 5.32 Å². The number of hydrogen-bond donors (Lipinski definition) is 1. The third-order valence-electron chi connectivity index (χ3n) is 2.70. The summed E-state index contributed by atoms with van der Waals surface area (Å²) in [5.74, 6) is 0.884. The molecule has 0 aromatic carbocycles. The predicted molar refractivity (Wildman–Crippen MR) is 75.4 cm³/mol. The number of nitrogens with zero attached hydrogens (tertiary/aromatic N) is 2. The molecule has 0 aliphatic rings. The lowest BCUT2D eigenvalue weighted by atomic mass is 10.2. The Morgan fingerprint density at radius 2 is 2.28 bits per heavy atom. The maximum Gasteiger partial charge on any atom is 0.307 e. The maximum atomic E-state index is 11.6. The summed E-state index contributed by atoms with van der Waals surface area (Å²) < 4.78 is 1.76. The van der Waals surface area contributed by atoms with Crippen molar-refractivity contribution in [3.8, 4) is 0 Å². The third-order valence-corrected chi connectivity index (χ3v) is 3.58. The number of aromatic nitrogens is 2. The molecule has 18 heavy (non-hydrogen) atoms. The van der Waals surface area contributed by atoms with E-state index in [9.17, 15) is 4.79 Å². The Morgan fingerprint density at radius 3 is 2.83 bits per heavy atom. The fraction of sp³-hybridized carbons (Fsp3) is 0.385. The van der Waals surface area contributed by atoms with Gasteiger partial charge in [0.15, 0.2) is 0 Å². The highest BCUT2D eigenvalue weighted by molar-refractivity contribution is 7.07. The minimum atomic E-state index is 0.0840. The Labute approximate surface area is 110 Å². The van der Waals surface area contributed by atoms with Gasteiger partial charge in [0.05, 0.1) is 6.54 Å². The summed E-state index contributed by atoms with van der Waals surface area (Å²) in [6.07, 6.45) is 2.90. The van der Waals surface area contributed by atoms with Crippen LogP contribution in [0.3, 0.4) is 0 Å². The van der Waals surface area contributed by atoms with E-state index in [2.05, 4.69) is 17.2 Å². The van der Waals surface area contributed by atoms with Crippen LogP contribution in [0.25, 0.3) is 0 Å². The lowest BCUT2D eigenvalue weighted by Crippen LogP contribution is -2.15. The van der Waals surface area contributed by atoms with Crippen LogP contribution in [0.4, 0.5) is 5.82 Å². The zero-order valence-electron chi connectivity index (χ0n) is 10.6. The molecule has 0 unspecified atom stereocenters. The van der Waals surface area contributed by atoms with Gasteiger partial charge in [-0.3, -0.25) is 9.36 Å². The van der Waals surface area contributed by atoms with Crippen LogP contribution in [0, 0.1) is 6.92 Å². The summed E-state index contributed by atoms with van der Waals surface area (Å²) in [5, 5.41) is 5.11. The van der Waals surface area contributed by atoms with Gasteiger partial charge in [-0.25, -0.2) is 4.98 Å². The van der Waals surface area contributed by atoms with Crippen LogP contribution >= 0.6 is 11.3 Å². The standard InChI is InChI=1S/C13H17N3OS/c1-3-6-14-12-5-4-11(7-15-12)8-16-10(2)9-18-13(16)17/h4-5,7,9H,3,6,8H2,1-2H3,(H,14,15). The van der Waals surface area contributed by atoms with Crippen molar-refractivity contribution in [1.82, 2.24) is 9.55 Å². The molecule has 2 rings (SSSR count). The van der Waals surface area contributed by atoms with Gasteiger partial charge in [-0.15, -0.1) is 0 Å². The second kappa shape index (κ2) is 5.82. The second-order valence-electron chi connectivity index (χ2n) is 4.21. The van der Waals surface area contributed by atoms with Gasteiger partial charge >= 0.3 is 4.87 Å². The SMILES string of the molecule is CCCNc1ccc(Cn2c(C)csc2=O)cn1. The normalized spacial score (nSPS) is 10.6. The van der Waals surface area contributed by atoms with Crippen molar-refractivity contribution in [2.75, 3.05) is 11.9 Å². The molecule has 0 saturated carbocycles. The molecular formula is C13H17N3OS. The van der Waals surface area contributed by atoms with Crippen molar-refractivity contribution in [3.63, 3.8) is 0 Å². The number of aryl methyl sites for hydroxylation is 1. The fourth-order valence-electron chi connectivity index (χ4n) is 1.65. The number of thiazole rings is 1. The summed E-state index contributed by atoms with van der Waals surface area (Å²) in [7, 11) is 0. The third kappa shape index (κ3) is 2.98. The van der Waals surface area contributed by atoms with E-state index >= 15 is 0 Å². The molecule has 0 aliphatic heterocycles. The van der Waals surface area contributed by atoms with Gasteiger partial charge in [0, 0.05) is 23.8 Å². The average Bonchev–Trinajstić information content (AvgIpc) is 2.70. The summed E-state index contributed by atoms with van der Waals surface area (Å²) in [6.45, 7) is 5.58. The van der Waals surface area contributed by atoms with Gasteiger partial charge in [-0.1, -0.05) is 24.3 Å². The minimum Gasteiger partial charge on any atom is -0.370 e. The van der Waals surface area contributed by atoms with E-state index in [0.29, 0.717) is 6.54 Å². The van der Waals surface area contributed by atoms with Gasteiger partial charge in [0.25, 0.3) is 0 Å². The van der Waals surface area contributed by atoms with Crippen molar-refractivity contribution >= 4 is 17.2 Å². The largest absolute Gasteiger partial charge is 0.370 e. The van der Waals surface area contributed by atoms with Crippen molar-refractivity contribution in [1.29, 1.82) is 0 Å². The van der Waals surface area contributed by atoms with Gasteiger partial charge in [0.2, 0.25) is 0 Å². The quantitative estimate of drug-likeness (QED) is 0.901. The first-order valence-corrected chi connectivity index (χ1v) is 6.92. The van der Waals surface area contributed by atoms with E-state index < -0.39 is 0 Å². The molecule has 0 spiro atoms. The van der Waals surface area contributed by atoms with Crippen molar-refractivity contribution in [3.05, 3.63) is 44.6 Å². The Hall–Kier alpha value is -1.62. The molecule has 2 aromatic rings. The topological polar surface area (TPSA) is 46.9 Å². The highest BCUT2D eigenvalue weighted by Gasteiger charge is 2.03. The summed E-state index contributed by atoms with van der Waals surface area (Å²) in [4.78, 5) is 16.0. The van der Waals surface area contributed by atoms with Crippen LogP contribution in [0.1, 0.15) is 24.6 Å². The van der Waals surface area contributed by atoms with Crippen molar-refractivity contribution < 1.29 is 0 Å². The molecular weight excluding hydrogens is 246 g/mol. The first-order chi connectivity index (χ1) is 8.70. The molecule has 2 heterocycles. The Morgan fingerprint density at radius 1 is 1.44 bits per heavy atom. The molecule has 0 saturated heterocycles. The second-order valence-corrected chi connectivity index (χ2v) is 5.03. The average molecular weight is 263 g/mol. The maximum absolute atomic E-state index is 11.6. The minimum absolute atomic E-state index is 0.0840. The number of anilines is 1. The predicted octanol–water partition coefficient (Wildman–Crippen LogP) is 2.48. The summed E-state index contributed by atoms with van der Waals surface area (Å²) in [6, 6.07) is 3.96. The molecule has 0 radical (unpaired) electrons. The summed E-state index contributed by atoms with van der Waals surface area (Å²) in [5.41, 5.74) is 2.04. The molecule has 0 amide bonds. The van der Waals surface area contributed by atoms with Gasteiger partial charge in [-0.2, -0.15) is 0 Å². The van der Waals surface area contributed by atoms with Crippen LogP contribution in [0.5, 0.6) is 0 Å². The number of hydrogen-bond acceptors (Lipinski definition) is 4. The van der Waals surface area contributed by atoms with Gasteiger partial charge in [0.1, 0.15) is 5.82 Å². The molecule has 4 nitrogen and oxygen atoms in total. The number of pyridine rings is 1. The Bertz CT molecular complexity index is 556. The van der Waals surface area contributed by atoms with Crippen molar-refractivity contribution in [2.24, 2.45) is 0 Å². The first kappa shape index (κ1) is 12.8. The number of nitrogens with one attached hydrogen (secondary N) is 1. The number of rotatable bonds is 5. The van der Waals surface area contributed by atoms with Crippen LogP contribution in [-0.4, -0.2) is 16.1 Å². The molecule has 0 bridgehead atoms. The van der Waals surface area contributed by atoms with E-state index in [0.717, 1.165) is 30.0 Å². The molecule has 1 N–H and O–H groups in total. The van der Waals surface area contributed by atoms with E-state index in [-0.39, 0.29) is 4.87 Å². The van der Waals surface area contributed by atoms with Crippen molar-refractivity contribution in [2.45, 2.75) is 26.8 Å². The van der Waals surface area contributed by atoms with E-state index in [1.807, 2.05) is 30.6 Å². The Kier molecular flexibility index (Phi) is 4.15. The molecule has 5 heteroatoms. The zero-order chi connectivity index (χ0) is 13.0. The van der Waals surface area contributed by atoms with Crippen LogP contribution in [0.2, 0.25) is 0 Å². The highest BCUT2D eigenvalue weighted by Crippen LogP contribution is 2.08. The lowest BCUT2D eigenvalue weighted by molar-refractivity contribution is 0.752. The van der Waals surface area contributed by atoms with E-state index in [1.165, 1.54) is 11.3 Å². The fourth-order valence-corrected chi connectivity index (χ4v) is 2.39. The molecule has 0 atom stereocenters. The zero-order valence-corrected chi connectivity index (χ0v) is 11.5. The molecule has 2 aromatic heterocycles. The lowest BCUT2D eigenvalue weighted by Gasteiger charge is -2.06. The van der Waals surface area contributed by atoms with Crippen LogP contribution < -0.4 is 10.2 Å². The first-order valence-electron chi connectivity index (χ1n) is 6.04. The van der Waals surface area contributed by atoms with Gasteiger partial charge in [-0.05, 0) is 25.0 Å². The summed E-state index contributed by atoms with van der Waals surface area (Å²) >= 11 is 1.24. The molecule has 0 fully saturated rings. The molecule has 0 aliphatic carbocycles. The molecule has 96 valence electrons. The monoisotopic (exact) mass is 263 g/mol. The van der Waals surface area contributed by atoms with E-state index in [1.54, 1.807) is 4.57 Å². The smallest absolute Gasteiger partial charge is 0.307 e. The van der Waals surface area contributed by atoms with Crippen LogP contribution in [-0.2, 0) is 6.54 Å². The van der Waals surface area contributed by atoms with Crippen LogP contribution in [0.15, 0.2) is 28.5 Å².